The van der Waals surface area contributed by atoms with E-state index in [2.05, 4.69) is 10.4 Å². The highest BCUT2D eigenvalue weighted by Crippen LogP contribution is 2.22. The van der Waals surface area contributed by atoms with Crippen molar-refractivity contribution in [2.75, 3.05) is 11.9 Å². The highest BCUT2D eigenvalue weighted by molar-refractivity contribution is 5.96. The number of hydrogen-bond donors (Lipinski definition) is 1. The van der Waals surface area contributed by atoms with Gasteiger partial charge in [-0.2, -0.15) is 5.10 Å². The summed E-state index contributed by atoms with van der Waals surface area (Å²) in [5.74, 6) is -0.888. The lowest BCUT2D eigenvalue weighted by molar-refractivity contribution is -0.119. The Kier molecular flexibility index (Phi) is 6.44. The highest BCUT2D eigenvalue weighted by Gasteiger charge is 2.14. The standard InChI is InChI=1S/C23H25N3O3/c1-4-17-7-6-8-18(5-2)22(17)25-21(27)15-29-23(28)19-9-11-20(12-10-19)26-16(3)13-14-24-26/h6-14H,4-5,15H2,1-3H3,(H,25,27). The minimum absolute atomic E-state index is 0.333. The van der Waals surface area contributed by atoms with Gasteiger partial charge in [-0.05, 0) is 61.2 Å². The summed E-state index contributed by atoms with van der Waals surface area (Å²) in [4.78, 5) is 24.6. The van der Waals surface area contributed by atoms with E-state index < -0.39 is 5.97 Å². The normalized spacial score (nSPS) is 10.6. The third kappa shape index (κ3) is 4.71. The van der Waals surface area contributed by atoms with E-state index >= 15 is 0 Å². The lowest BCUT2D eigenvalue weighted by atomic mass is 10.0. The van der Waals surface area contributed by atoms with E-state index in [-0.39, 0.29) is 12.5 Å². The van der Waals surface area contributed by atoms with Crippen LogP contribution in [0.4, 0.5) is 5.69 Å². The van der Waals surface area contributed by atoms with Crippen molar-refractivity contribution in [2.24, 2.45) is 0 Å². The first kappa shape index (κ1) is 20.3. The second kappa shape index (κ2) is 9.19. The topological polar surface area (TPSA) is 73.2 Å². The fraction of sp³-hybridized carbons (Fsp3) is 0.261. The van der Waals surface area contributed by atoms with Crippen LogP contribution >= 0.6 is 0 Å². The summed E-state index contributed by atoms with van der Waals surface area (Å²) in [6.45, 7) is 5.70. The molecule has 3 aromatic rings. The molecule has 0 unspecified atom stereocenters. The van der Waals surface area contributed by atoms with Crippen molar-refractivity contribution in [3.8, 4) is 5.69 Å². The van der Waals surface area contributed by atoms with Gasteiger partial charge in [0.2, 0.25) is 0 Å². The van der Waals surface area contributed by atoms with E-state index in [4.69, 9.17) is 4.74 Å². The molecule has 0 bridgehead atoms. The highest BCUT2D eigenvalue weighted by atomic mass is 16.5. The number of carbonyl (C=O) groups is 2. The fourth-order valence-corrected chi connectivity index (χ4v) is 3.17. The zero-order valence-corrected chi connectivity index (χ0v) is 16.9. The van der Waals surface area contributed by atoms with Gasteiger partial charge in [-0.1, -0.05) is 32.0 Å². The van der Waals surface area contributed by atoms with Gasteiger partial charge in [-0.15, -0.1) is 0 Å². The molecule has 150 valence electrons. The van der Waals surface area contributed by atoms with Crippen LogP contribution in [-0.2, 0) is 22.4 Å². The van der Waals surface area contributed by atoms with Crippen molar-refractivity contribution < 1.29 is 14.3 Å². The second-order valence-corrected chi connectivity index (χ2v) is 6.71. The van der Waals surface area contributed by atoms with Crippen molar-refractivity contribution in [1.29, 1.82) is 0 Å². The van der Waals surface area contributed by atoms with Crippen molar-refractivity contribution in [3.63, 3.8) is 0 Å². The van der Waals surface area contributed by atoms with Crippen molar-refractivity contribution in [1.82, 2.24) is 9.78 Å². The molecule has 0 saturated heterocycles. The van der Waals surface area contributed by atoms with E-state index in [1.54, 1.807) is 35.1 Å². The Labute approximate surface area is 170 Å². The molecule has 0 spiro atoms. The maximum Gasteiger partial charge on any atom is 0.338 e. The number of para-hydroxylation sites is 1. The van der Waals surface area contributed by atoms with Crippen LogP contribution in [0.2, 0.25) is 0 Å². The first-order valence-electron chi connectivity index (χ1n) is 9.72. The van der Waals surface area contributed by atoms with Crippen LogP contribution in [0.1, 0.15) is 41.0 Å². The summed E-state index contributed by atoms with van der Waals surface area (Å²) in [6, 6.07) is 14.8. The maximum absolute atomic E-state index is 12.3. The maximum atomic E-state index is 12.3. The van der Waals surface area contributed by atoms with Gasteiger partial charge in [0.1, 0.15) is 0 Å². The number of amides is 1. The molecule has 1 aromatic heterocycles. The number of hydrogen-bond acceptors (Lipinski definition) is 4. The lowest BCUT2D eigenvalue weighted by Crippen LogP contribution is -2.22. The van der Waals surface area contributed by atoms with E-state index in [1.807, 2.05) is 45.0 Å². The molecular weight excluding hydrogens is 366 g/mol. The van der Waals surface area contributed by atoms with Crippen LogP contribution in [0.3, 0.4) is 0 Å². The molecule has 0 atom stereocenters. The van der Waals surface area contributed by atoms with Gasteiger partial charge in [-0.25, -0.2) is 9.48 Å². The van der Waals surface area contributed by atoms with E-state index in [1.165, 1.54) is 0 Å². The number of nitrogens with zero attached hydrogens (tertiary/aromatic N) is 2. The van der Waals surface area contributed by atoms with Gasteiger partial charge < -0.3 is 10.1 Å². The average molecular weight is 391 g/mol. The Bertz CT molecular complexity index is 984. The number of aromatic nitrogens is 2. The van der Waals surface area contributed by atoms with Gasteiger partial charge in [0, 0.05) is 17.6 Å². The Balaban J connectivity index is 1.61. The summed E-state index contributed by atoms with van der Waals surface area (Å²) in [5, 5.41) is 7.13. The van der Waals surface area contributed by atoms with Gasteiger partial charge in [0.25, 0.3) is 5.91 Å². The molecule has 1 heterocycles. The summed E-state index contributed by atoms with van der Waals surface area (Å²) in [7, 11) is 0. The van der Waals surface area contributed by atoms with Crippen molar-refractivity contribution in [2.45, 2.75) is 33.6 Å². The van der Waals surface area contributed by atoms with Gasteiger partial charge in [0.15, 0.2) is 6.61 Å². The number of esters is 1. The van der Waals surface area contributed by atoms with Crippen LogP contribution in [0, 0.1) is 6.92 Å². The van der Waals surface area contributed by atoms with Gasteiger partial charge in [-0.3, -0.25) is 4.79 Å². The minimum Gasteiger partial charge on any atom is -0.452 e. The minimum atomic E-state index is -0.539. The van der Waals surface area contributed by atoms with Crippen LogP contribution in [0.25, 0.3) is 5.69 Å². The van der Waals surface area contributed by atoms with Crippen LogP contribution in [0.15, 0.2) is 54.7 Å². The number of benzene rings is 2. The van der Waals surface area contributed by atoms with E-state index in [0.717, 1.165) is 41.0 Å². The van der Waals surface area contributed by atoms with E-state index in [0.29, 0.717) is 5.56 Å². The zero-order valence-electron chi connectivity index (χ0n) is 16.9. The zero-order chi connectivity index (χ0) is 20.8. The molecule has 3 rings (SSSR count). The summed E-state index contributed by atoms with van der Waals surface area (Å²) < 4.78 is 6.97. The Morgan fingerprint density at radius 1 is 1.00 bits per heavy atom. The third-order valence-electron chi connectivity index (χ3n) is 4.78. The van der Waals surface area contributed by atoms with Gasteiger partial charge >= 0.3 is 5.97 Å². The number of rotatable bonds is 7. The van der Waals surface area contributed by atoms with Crippen LogP contribution in [-0.4, -0.2) is 28.3 Å². The molecule has 6 heteroatoms. The second-order valence-electron chi connectivity index (χ2n) is 6.71. The predicted molar refractivity (Wildman–Crippen MR) is 112 cm³/mol. The molecule has 0 aliphatic carbocycles. The van der Waals surface area contributed by atoms with Crippen LogP contribution in [0.5, 0.6) is 0 Å². The largest absolute Gasteiger partial charge is 0.452 e. The Morgan fingerprint density at radius 3 is 2.21 bits per heavy atom. The number of aryl methyl sites for hydroxylation is 3. The molecule has 0 aliphatic heterocycles. The first-order valence-corrected chi connectivity index (χ1v) is 9.72. The number of ether oxygens (including phenoxy) is 1. The molecule has 6 nitrogen and oxygen atoms in total. The van der Waals surface area contributed by atoms with Crippen molar-refractivity contribution in [3.05, 3.63) is 77.1 Å². The molecule has 1 N–H and O–H groups in total. The molecule has 0 fully saturated rings. The summed E-state index contributed by atoms with van der Waals surface area (Å²) in [5.41, 5.74) is 5.18. The van der Waals surface area contributed by atoms with Crippen molar-refractivity contribution >= 4 is 17.6 Å². The quantitative estimate of drug-likeness (QED) is 0.616. The summed E-state index contributed by atoms with van der Waals surface area (Å²) in [6.07, 6.45) is 3.34. The molecule has 29 heavy (non-hydrogen) atoms. The van der Waals surface area contributed by atoms with Gasteiger partial charge in [0.05, 0.1) is 11.3 Å². The van der Waals surface area contributed by atoms with Crippen LogP contribution < -0.4 is 5.32 Å². The van der Waals surface area contributed by atoms with E-state index in [9.17, 15) is 9.59 Å². The monoisotopic (exact) mass is 391 g/mol. The average Bonchev–Trinajstić information content (AvgIpc) is 3.18. The number of carbonyl (C=O) groups excluding carboxylic acids is 2. The predicted octanol–water partition coefficient (Wildman–Crippen LogP) is 4.10. The molecule has 0 aliphatic rings. The number of anilines is 1. The molecule has 2 aromatic carbocycles. The summed E-state index contributed by atoms with van der Waals surface area (Å²) >= 11 is 0. The molecule has 1 amide bonds. The lowest BCUT2D eigenvalue weighted by Gasteiger charge is -2.14. The molecular formula is C23H25N3O3. The fourth-order valence-electron chi connectivity index (χ4n) is 3.17. The molecule has 0 saturated carbocycles. The Hall–Kier alpha value is -3.41. The third-order valence-corrected chi connectivity index (χ3v) is 4.78. The SMILES string of the molecule is CCc1cccc(CC)c1NC(=O)COC(=O)c1ccc(-n2nccc2C)cc1. The Morgan fingerprint density at radius 2 is 1.66 bits per heavy atom. The number of nitrogens with one attached hydrogen (secondary N) is 1. The molecule has 0 radical (unpaired) electrons. The smallest absolute Gasteiger partial charge is 0.338 e. The first-order chi connectivity index (χ1) is 14.0.